The van der Waals surface area contributed by atoms with E-state index in [0.29, 0.717) is 49.5 Å². The lowest BCUT2D eigenvalue weighted by atomic mass is 9.83. The Hall–Kier alpha value is -4.13. The number of rotatable bonds is 7. The molecule has 3 amide bonds. The molecule has 0 spiro atoms. The summed E-state index contributed by atoms with van der Waals surface area (Å²) in [6, 6.07) is 22.5. The van der Waals surface area contributed by atoms with E-state index < -0.39 is 5.54 Å². The van der Waals surface area contributed by atoms with Crippen LogP contribution < -0.4 is 15.0 Å². The van der Waals surface area contributed by atoms with E-state index in [1.807, 2.05) is 62.4 Å². The van der Waals surface area contributed by atoms with Crippen molar-refractivity contribution in [2.75, 3.05) is 25.1 Å². The lowest BCUT2D eigenvalue weighted by molar-refractivity contribution is -0.135. The second kappa shape index (κ2) is 11.5. The minimum Gasteiger partial charge on any atom is -0.497 e. The number of methoxy groups -OCH3 is 1. The van der Waals surface area contributed by atoms with Crippen LogP contribution in [0.1, 0.15) is 46.8 Å². The number of benzene rings is 3. The lowest BCUT2D eigenvalue weighted by Crippen LogP contribution is -2.65. The summed E-state index contributed by atoms with van der Waals surface area (Å²) in [5.41, 5.74) is 2.89. The van der Waals surface area contributed by atoms with Crippen LogP contribution in [0.15, 0.2) is 72.8 Å². The quantitative estimate of drug-likeness (QED) is 0.499. The highest BCUT2D eigenvalue weighted by atomic mass is 16.5. The topological polar surface area (TPSA) is 79.0 Å². The van der Waals surface area contributed by atoms with E-state index >= 15 is 0 Å². The van der Waals surface area contributed by atoms with Gasteiger partial charge in [-0.3, -0.25) is 19.3 Å². The van der Waals surface area contributed by atoms with Gasteiger partial charge in [0, 0.05) is 37.8 Å². The smallest absolute Gasteiger partial charge is 0.259 e. The molecule has 7 nitrogen and oxygen atoms in total. The van der Waals surface area contributed by atoms with Gasteiger partial charge in [0.2, 0.25) is 11.8 Å². The minimum atomic E-state index is -1.18. The Balaban J connectivity index is 1.80. The van der Waals surface area contributed by atoms with E-state index in [-0.39, 0.29) is 17.7 Å². The average molecular weight is 514 g/mol. The number of ether oxygens (including phenoxy) is 1. The van der Waals surface area contributed by atoms with Crippen LogP contribution >= 0.6 is 0 Å². The van der Waals surface area contributed by atoms with Gasteiger partial charge < -0.3 is 15.0 Å². The number of aryl methyl sites for hydroxylation is 2. The third-order valence-corrected chi connectivity index (χ3v) is 7.19. The predicted molar refractivity (Wildman–Crippen MR) is 148 cm³/mol. The van der Waals surface area contributed by atoms with Crippen LogP contribution in [-0.4, -0.2) is 48.4 Å². The fourth-order valence-corrected chi connectivity index (χ4v) is 5.19. The predicted octanol–water partition coefficient (Wildman–Crippen LogP) is 4.66. The first kappa shape index (κ1) is 26.9. The van der Waals surface area contributed by atoms with Crippen molar-refractivity contribution in [3.63, 3.8) is 0 Å². The maximum atomic E-state index is 14.3. The van der Waals surface area contributed by atoms with Gasteiger partial charge in [-0.25, -0.2) is 0 Å². The molecule has 38 heavy (non-hydrogen) atoms. The van der Waals surface area contributed by atoms with Gasteiger partial charge in [-0.2, -0.15) is 0 Å². The van der Waals surface area contributed by atoms with Crippen LogP contribution in [0, 0.1) is 13.8 Å². The average Bonchev–Trinajstić information content (AvgIpc) is 2.92. The SMILES string of the molecule is COc1ccc(C(=O)N(c2cc(C)cc(C)c2)C2(C(=O)NCc3ccccc3)CCN(C(C)=O)CC2)cc1. The minimum absolute atomic E-state index is 0.0391. The molecule has 0 radical (unpaired) electrons. The number of carbonyl (C=O) groups excluding carboxylic acids is 3. The van der Waals surface area contributed by atoms with Crippen LogP contribution in [0.3, 0.4) is 0 Å². The molecular formula is C31H35N3O4. The van der Waals surface area contributed by atoms with Crippen molar-refractivity contribution in [2.24, 2.45) is 0 Å². The molecule has 0 unspecified atom stereocenters. The Bertz CT molecular complexity index is 1280. The highest BCUT2D eigenvalue weighted by molar-refractivity contribution is 6.11. The van der Waals surface area contributed by atoms with Crippen molar-refractivity contribution < 1.29 is 19.1 Å². The highest BCUT2D eigenvalue weighted by Crippen LogP contribution is 2.36. The van der Waals surface area contributed by atoms with Gasteiger partial charge >= 0.3 is 0 Å². The van der Waals surface area contributed by atoms with E-state index in [9.17, 15) is 14.4 Å². The molecule has 4 rings (SSSR count). The Kier molecular flexibility index (Phi) is 8.15. The molecule has 0 bridgehead atoms. The molecule has 3 aromatic carbocycles. The van der Waals surface area contributed by atoms with Crippen molar-refractivity contribution in [3.05, 3.63) is 95.1 Å². The van der Waals surface area contributed by atoms with Gasteiger partial charge in [0.25, 0.3) is 5.91 Å². The number of hydrogen-bond donors (Lipinski definition) is 1. The van der Waals surface area contributed by atoms with Crippen LogP contribution in [0.5, 0.6) is 5.75 Å². The molecule has 1 saturated heterocycles. The molecule has 0 aliphatic carbocycles. The molecule has 1 N–H and O–H groups in total. The summed E-state index contributed by atoms with van der Waals surface area (Å²) < 4.78 is 5.28. The molecule has 0 aromatic heterocycles. The first-order valence-electron chi connectivity index (χ1n) is 12.9. The Morgan fingerprint density at radius 1 is 0.921 bits per heavy atom. The maximum Gasteiger partial charge on any atom is 0.259 e. The highest BCUT2D eigenvalue weighted by Gasteiger charge is 2.49. The largest absolute Gasteiger partial charge is 0.497 e. The number of carbonyl (C=O) groups is 3. The zero-order chi connectivity index (χ0) is 27.3. The van der Waals surface area contributed by atoms with Gasteiger partial charge in [0.1, 0.15) is 11.3 Å². The van der Waals surface area contributed by atoms with Crippen molar-refractivity contribution in [2.45, 2.75) is 45.7 Å². The van der Waals surface area contributed by atoms with Gasteiger partial charge in [-0.05, 0) is 79.8 Å². The third kappa shape index (κ3) is 5.72. The van der Waals surface area contributed by atoms with Crippen LogP contribution in [-0.2, 0) is 16.1 Å². The van der Waals surface area contributed by atoms with E-state index in [2.05, 4.69) is 5.32 Å². The van der Waals surface area contributed by atoms with Crippen molar-refractivity contribution >= 4 is 23.4 Å². The number of anilines is 1. The molecule has 198 valence electrons. The van der Waals surface area contributed by atoms with Crippen molar-refractivity contribution in [3.8, 4) is 5.75 Å². The normalized spacial score (nSPS) is 14.5. The van der Waals surface area contributed by atoms with Gasteiger partial charge in [0.05, 0.1) is 7.11 Å². The van der Waals surface area contributed by atoms with Gasteiger partial charge in [-0.1, -0.05) is 36.4 Å². The lowest BCUT2D eigenvalue weighted by Gasteiger charge is -2.47. The Labute approximate surface area is 224 Å². The Morgan fingerprint density at radius 3 is 2.08 bits per heavy atom. The number of nitrogens with zero attached hydrogens (tertiary/aromatic N) is 2. The second-order valence-corrected chi connectivity index (χ2v) is 9.92. The summed E-state index contributed by atoms with van der Waals surface area (Å²) in [5, 5.41) is 3.10. The summed E-state index contributed by atoms with van der Waals surface area (Å²) in [4.78, 5) is 44.0. The van der Waals surface area contributed by atoms with Crippen LogP contribution in [0.2, 0.25) is 0 Å². The van der Waals surface area contributed by atoms with Gasteiger partial charge in [0.15, 0.2) is 0 Å². The molecular weight excluding hydrogens is 478 g/mol. The molecule has 1 heterocycles. The molecule has 1 aliphatic rings. The summed E-state index contributed by atoms with van der Waals surface area (Å²) in [5.74, 6) is 0.0988. The second-order valence-electron chi connectivity index (χ2n) is 9.92. The summed E-state index contributed by atoms with van der Waals surface area (Å²) in [6.45, 7) is 6.60. The van der Waals surface area contributed by atoms with E-state index in [1.54, 1.807) is 41.2 Å². The number of amides is 3. The fraction of sp³-hybridized carbons (Fsp3) is 0.323. The Morgan fingerprint density at radius 2 is 1.53 bits per heavy atom. The molecule has 0 saturated carbocycles. The number of likely N-dealkylation sites (tertiary alicyclic amines) is 1. The molecule has 3 aromatic rings. The molecule has 0 atom stereocenters. The standard InChI is InChI=1S/C31H35N3O4/c1-22-18-23(2)20-27(19-22)34(29(36)26-10-12-28(38-4)13-11-26)31(14-16-33(17-15-31)24(3)35)30(37)32-21-25-8-6-5-7-9-25/h5-13,18-20H,14-17,21H2,1-4H3,(H,32,37). The first-order chi connectivity index (χ1) is 18.2. The zero-order valence-electron chi connectivity index (χ0n) is 22.5. The van der Waals surface area contributed by atoms with Crippen LogP contribution in [0.25, 0.3) is 0 Å². The number of hydrogen-bond acceptors (Lipinski definition) is 4. The van der Waals surface area contributed by atoms with Gasteiger partial charge in [-0.15, -0.1) is 0 Å². The summed E-state index contributed by atoms with van der Waals surface area (Å²) in [6.07, 6.45) is 0.643. The third-order valence-electron chi connectivity index (χ3n) is 7.19. The summed E-state index contributed by atoms with van der Waals surface area (Å²) in [7, 11) is 1.58. The molecule has 1 aliphatic heterocycles. The molecule has 1 fully saturated rings. The van der Waals surface area contributed by atoms with E-state index in [1.165, 1.54) is 6.92 Å². The van der Waals surface area contributed by atoms with E-state index in [4.69, 9.17) is 4.74 Å². The van der Waals surface area contributed by atoms with Crippen molar-refractivity contribution in [1.82, 2.24) is 10.2 Å². The summed E-state index contributed by atoms with van der Waals surface area (Å²) >= 11 is 0. The van der Waals surface area contributed by atoms with E-state index in [0.717, 1.165) is 16.7 Å². The maximum absolute atomic E-state index is 14.3. The number of nitrogens with one attached hydrogen (secondary N) is 1. The van der Waals surface area contributed by atoms with Crippen LogP contribution in [0.4, 0.5) is 5.69 Å². The number of piperidine rings is 1. The van der Waals surface area contributed by atoms with Crippen molar-refractivity contribution in [1.29, 1.82) is 0 Å². The zero-order valence-corrected chi connectivity index (χ0v) is 22.5. The molecule has 7 heteroatoms. The monoisotopic (exact) mass is 513 g/mol. The fourth-order valence-electron chi connectivity index (χ4n) is 5.19. The first-order valence-corrected chi connectivity index (χ1v) is 12.9.